The maximum Gasteiger partial charge on any atom is 0.257 e. The number of anilines is 2. The minimum absolute atomic E-state index is 0.214. The molecule has 0 fully saturated rings. The van der Waals surface area contributed by atoms with E-state index < -0.39 is 0 Å². The minimum atomic E-state index is -0.214. The van der Waals surface area contributed by atoms with Gasteiger partial charge in [0.25, 0.3) is 5.91 Å². The largest absolute Gasteiger partial charge is 0.398 e. The number of aromatic nitrogens is 1. The van der Waals surface area contributed by atoms with E-state index in [1.165, 1.54) is 4.88 Å². The number of carbonyl (C=O) groups excluding carboxylic acids is 1. The molecule has 1 heterocycles. The van der Waals surface area contributed by atoms with Gasteiger partial charge in [0.2, 0.25) is 0 Å². The zero-order valence-corrected chi connectivity index (χ0v) is 11.6. The van der Waals surface area contributed by atoms with E-state index in [9.17, 15) is 4.79 Å². The Balaban J connectivity index is 1.78. The summed E-state index contributed by atoms with van der Waals surface area (Å²) >= 11 is 7.46. The number of fused-ring (bicyclic) bond motifs is 1. The molecule has 0 atom stereocenters. The van der Waals surface area contributed by atoms with Gasteiger partial charge in [0.05, 0.1) is 16.4 Å². The van der Waals surface area contributed by atoms with E-state index >= 15 is 0 Å². The molecule has 3 rings (SSSR count). The molecule has 0 saturated carbocycles. The minimum Gasteiger partial charge on any atom is -0.398 e. The summed E-state index contributed by atoms with van der Waals surface area (Å²) in [6, 6.07) is 4.84. The van der Waals surface area contributed by atoms with Crippen LogP contribution in [0.15, 0.2) is 18.2 Å². The van der Waals surface area contributed by atoms with Gasteiger partial charge in [0.15, 0.2) is 5.13 Å². The van der Waals surface area contributed by atoms with Crippen molar-refractivity contribution in [3.63, 3.8) is 0 Å². The average Bonchev–Trinajstić information content (AvgIpc) is 2.93. The van der Waals surface area contributed by atoms with E-state index in [1.807, 2.05) is 0 Å². The molecule has 1 amide bonds. The zero-order valence-electron chi connectivity index (χ0n) is 10.1. The fourth-order valence-electron chi connectivity index (χ4n) is 2.08. The molecule has 1 aromatic heterocycles. The van der Waals surface area contributed by atoms with Crippen LogP contribution in [0, 0.1) is 0 Å². The third kappa shape index (κ3) is 2.43. The third-order valence-corrected chi connectivity index (χ3v) is 4.48. The van der Waals surface area contributed by atoms with Crippen LogP contribution in [-0.4, -0.2) is 10.9 Å². The molecule has 6 heteroatoms. The first-order valence-corrected chi connectivity index (χ1v) is 7.18. The lowest BCUT2D eigenvalue weighted by atomic mass is 10.2. The number of carbonyl (C=O) groups is 1. The average molecular weight is 294 g/mol. The lowest BCUT2D eigenvalue weighted by molar-refractivity contribution is 0.102. The van der Waals surface area contributed by atoms with Crippen LogP contribution < -0.4 is 11.1 Å². The van der Waals surface area contributed by atoms with Gasteiger partial charge in [-0.15, -0.1) is 11.3 Å². The first kappa shape index (κ1) is 12.4. The van der Waals surface area contributed by atoms with Gasteiger partial charge in [-0.05, 0) is 37.5 Å². The summed E-state index contributed by atoms with van der Waals surface area (Å²) in [5.41, 5.74) is 7.68. The molecule has 98 valence electrons. The summed E-state index contributed by atoms with van der Waals surface area (Å²) in [7, 11) is 0. The summed E-state index contributed by atoms with van der Waals surface area (Å²) in [5, 5.41) is 3.84. The van der Waals surface area contributed by atoms with Crippen LogP contribution in [0.5, 0.6) is 0 Å². The molecule has 1 aromatic carbocycles. The quantitative estimate of drug-likeness (QED) is 0.836. The van der Waals surface area contributed by atoms with Gasteiger partial charge in [0, 0.05) is 10.4 Å². The Bertz CT molecular complexity index is 632. The molecule has 0 aliphatic heterocycles. The number of nitrogens with one attached hydrogen (secondary N) is 1. The number of nitrogen functional groups attached to an aromatic ring is 1. The van der Waals surface area contributed by atoms with Crippen molar-refractivity contribution in [2.24, 2.45) is 0 Å². The van der Waals surface area contributed by atoms with Gasteiger partial charge < -0.3 is 5.73 Å². The molecular formula is C13H12ClN3OS. The standard InChI is InChI=1S/C13H12ClN3OS/c14-8-6-7(4-5-9(8)15)12(18)17-13-16-10-2-1-3-11(10)19-13/h4-6H,1-3,15H2,(H,16,17,18). The molecule has 19 heavy (non-hydrogen) atoms. The highest BCUT2D eigenvalue weighted by molar-refractivity contribution is 7.16. The molecule has 0 saturated heterocycles. The molecule has 3 N–H and O–H groups in total. The van der Waals surface area contributed by atoms with E-state index in [-0.39, 0.29) is 5.91 Å². The van der Waals surface area contributed by atoms with Crippen LogP contribution >= 0.6 is 22.9 Å². The number of benzene rings is 1. The topological polar surface area (TPSA) is 68.0 Å². The molecule has 0 radical (unpaired) electrons. The summed E-state index contributed by atoms with van der Waals surface area (Å²) in [4.78, 5) is 17.8. The predicted octanol–water partition coefficient (Wildman–Crippen LogP) is 3.12. The number of thiazole rings is 1. The van der Waals surface area contributed by atoms with Crippen LogP contribution in [0.3, 0.4) is 0 Å². The van der Waals surface area contributed by atoms with Crippen LogP contribution in [-0.2, 0) is 12.8 Å². The van der Waals surface area contributed by atoms with Gasteiger partial charge in [-0.2, -0.15) is 0 Å². The Morgan fingerprint density at radius 3 is 3.00 bits per heavy atom. The van der Waals surface area contributed by atoms with Gasteiger partial charge in [0.1, 0.15) is 0 Å². The molecule has 1 aliphatic carbocycles. The SMILES string of the molecule is Nc1ccc(C(=O)Nc2nc3c(s2)CCC3)cc1Cl. The number of hydrogen-bond donors (Lipinski definition) is 2. The van der Waals surface area contributed by atoms with Crippen LogP contribution in [0.4, 0.5) is 10.8 Å². The third-order valence-electron chi connectivity index (χ3n) is 3.08. The smallest absolute Gasteiger partial charge is 0.257 e. The number of aryl methyl sites for hydroxylation is 2. The van der Waals surface area contributed by atoms with Gasteiger partial charge in [-0.25, -0.2) is 4.98 Å². The summed E-state index contributed by atoms with van der Waals surface area (Å²) in [6.07, 6.45) is 3.24. The highest BCUT2D eigenvalue weighted by Gasteiger charge is 2.18. The van der Waals surface area contributed by atoms with Gasteiger partial charge in [-0.3, -0.25) is 10.1 Å². The Kier molecular flexibility index (Phi) is 3.16. The fourth-order valence-corrected chi connectivity index (χ4v) is 3.31. The van der Waals surface area contributed by atoms with E-state index in [1.54, 1.807) is 29.5 Å². The second-order valence-corrected chi connectivity index (χ2v) is 5.92. The van der Waals surface area contributed by atoms with Crippen LogP contribution in [0.25, 0.3) is 0 Å². The first-order chi connectivity index (χ1) is 9.13. The van der Waals surface area contributed by atoms with Crippen molar-refractivity contribution in [2.75, 3.05) is 11.1 Å². The second-order valence-electron chi connectivity index (χ2n) is 4.43. The molecular weight excluding hydrogens is 282 g/mol. The van der Waals surface area contributed by atoms with E-state index in [0.29, 0.717) is 21.4 Å². The molecule has 0 unspecified atom stereocenters. The Labute approximate surface area is 119 Å². The van der Waals surface area contributed by atoms with Crippen molar-refractivity contribution in [1.82, 2.24) is 4.98 Å². The summed E-state index contributed by atoms with van der Waals surface area (Å²) < 4.78 is 0. The van der Waals surface area contributed by atoms with E-state index in [0.717, 1.165) is 25.0 Å². The molecule has 0 spiro atoms. The second kappa shape index (κ2) is 4.83. The molecule has 4 nitrogen and oxygen atoms in total. The predicted molar refractivity (Wildman–Crippen MR) is 78.0 cm³/mol. The van der Waals surface area contributed by atoms with Crippen molar-refractivity contribution in [2.45, 2.75) is 19.3 Å². The van der Waals surface area contributed by atoms with Crippen molar-refractivity contribution < 1.29 is 4.79 Å². The van der Waals surface area contributed by atoms with Crippen molar-refractivity contribution in [3.8, 4) is 0 Å². The Morgan fingerprint density at radius 1 is 1.42 bits per heavy atom. The normalized spacial score (nSPS) is 13.3. The van der Waals surface area contributed by atoms with Crippen LogP contribution in [0.2, 0.25) is 5.02 Å². The number of nitrogens with two attached hydrogens (primary N) is 1. The molecule has 0 bridgehead atoms. The Hall–Kier alpha value is -1.59. The van der Waals surface area contributed by atoms with E-state index in [4.69, 9.17) is 17.3 Å². The number of nitrogens with zero attached hydrogens (tertiary/aromatic N) is 1. The van der Waals surface area contributed by atoms with Crippen molar-refractivity contribution in [3.05, 3.63) is 39.4 Å². The lowest BCUT2D eigenvalue weighted by Gasteiger charge is -2.04. The Morgan fingerprint density at radius 2 is 2.26 bits per heavy atom. The molecule has 2 aromatic rings. The van der Waals surface area contributed by atoms with Crippen molar-refractivity contribution >= 4 is 39.7 Å². The maximum absolute atomic E-state index is 12.1. The van der Waals surface area contributed by atoms with E-state index in [2.05, 4.69) is 10.3 Å². The molecule has 1 aliphatic rings. The van der Waals surface area contributed by atoms with Gasteiger partial charge in [-0.1, -0.05) is 11.6 Å². The first-order valence-electron chi connectivity index (χ1n) is 5.98. The maximum atomic E-state index is 12.1. The monoisotopic (exact) mass is 293 g/mol. The number of halogens is 1. The highest BCUT2D eigenvalue weighted by Crippen LogP contribution is 2.30. The number of rotatable bonds is 2. The fraction of sp³-hybridized carbons (Fsp3) is 0.231. The van der Waals surface area contributed by atoms with Gasteiger partial charge >= 0.3 is 0 Å². The lowest BCUT2D eigenvalue weighted by Crippen LogP contribution is -2.12. The summed E-state index contributed by atoms with van der Waals surface area (Å²) in [5.74, 6) is -0.214. The van der Waals surface area contributed by atoms with Crippen LogP contribution in [0.1, 0.15) is 27.3 Å². The number of amides is 1. The zero-order chi connectivity index (χ0) is 13.4. The summed E-state index contributed by atoms with van der Waals surface area (Å²) in [6.45, 7) is 0. The van der Waals surface area contributed by atoms with Crippen molar-refractivity contribution in [1.29, 1.82) is 0 Å². The highest BCUT2D eigenvalue weighted by atomic mass is 35.5. The number of hydrogen-bond acceptors (Lipinski definition) is 4.